The maximum absolute atomic E-state index is 5.84. The van der Waals surface area contributed by atoms with Gasteiger partial charge in [0.25, 0.3) is 0 Å². The molecule has 1 saturated heterocycles. The van der Waals surface area contributed by atoms with E-state index in [4.69, 9.17) is 9.47 Å². The molecule has 3 heterocycles. The Hall–Kier alpha value is -2.22. The van der Waals surface area contributed by atoms with Crippen LogP contribution in [-0.2, 0) is 11.3 Å². The minimum Gasteiger partial charge on any atom is -0.481 e. The van der Waals surface area contributed by atoms with Crippen molar-refractivity contribution < 1.29 is 9.47 Å². The highest BCUT2D eigenvalue weighted by Crippen LogP contribution is 2.16. The van der Waals surface area contributed by atoms with Crippen LogP contribution >= 0.6 is 0 Å². The van der Waals surface area contributed by atoms with E-state index in [2.05, 4.69) is 25.0 Å². The van der Waals surface area contributed by atoms with Crippen molar-refractivity contribution in [2.24, 2.45) is 0 Å². The molecule has 8 heteroatoms. The number of hydrogen-bond donors (Lipinski definition) is 0. The van der Waals surface area contributed by atoms with Gasteiger partial charge in [0.2, 0.25) is 11.8 Å². The fourth-order valence-electron chi connectivity index (χ4n) is 2.54. The van der Waals surface area contributed by atoms with Crippen LogP contribution in [0.5, 0.6) is 5.88 Å². The maximum Gasteiger partial charge on any atom is 0.228 e. The Morgan fingerprint density at radius 2 is 2.23 bits per heavy atom. The number of nitrogens with zero attached hydrogens (tertiary/aromatic N) is 6. The van der Waals surface area contributed by atoms with Gasteiger partial charge in [0.15, 0.2) is 0 Å². The minimum atomic E-state index is 0.0309. The molecule has 0 bridgehead atoms. The lowest BCUT2D eigenvalue weighted by atomic mass is 10.3. The van der Waals surface area contributed by atoms with Crippen molar-refractivity contribution in [3.05, 3.63) is 23.9 Å². The number of rotatable bonds is 4. The van der Waals surface area contributed by atoms with Crippen LogP contribution < -0.4 is 9.64 Å². The third-order valence-corrected chi connectivity index (χ3v) is 3.59. The quantitative estimate of drug-likeness (QED) is 0.818. The van der Waals surface area contributed by atoms with Crippen molar-refractivity contribution in [3.8, 4) is 5.88 Å². The second-order valence-electron chi connectivity index (χ2n) is 5.23. The molecule has 118 valence electrons. The van der Waals surface area contributed by atoms with Crippen LogP contribution in [-0.4, -0.2) is 57.6 Å². The molecule has 1 fully saturated rings. The Balaban J connectivity index is 1.69. The number of aryl methyl sites for hydroxylation is 2. The van der Waals surface area contributed by atoms with Gasteiger partial charge in [-0.25, -0.2) is 14.6 Å². The number of methoxy groups -OCH3 is 1. The molecule has 22 heavy (non-hydrogen) atoms. The van der Waals surface area contributed by atoms with E-state index < -0.39 is 0 Å². The van der Waals surface area contributed by atoms with Gasteiger partial charge < -0.3 is 14.4 Å². The van der Waals surface area contributed by atoms with Crippen LogP contribution in [0, 0.1) is 13.8 Å². The second kappa shape index (κ2) is 6.27. The summed E-state index contributed by atoms with van der Waals surface area (Å²) in [6, 6.07) is 1.74. The zero-order valence-corrected chi connectivity index (χ0v) is 13.1. The number of anilines is 1. The molecule has 0 aliphatic carbocycles. The van der Waals surface area contributed by atoms with Crippen LogP contribution in [0.25, 0.3) is 0 Å². The smallest absolute Gasteiger partial charge is 0.228 e. The molecule has 3 rings (SSSR count). The van der Waals surface area contributed by atoms with Crippen LogP contribution in [0.2, 0.25) is 0 Å². The first-order valence-electron chi connectivity index (χ1n) is 7.27. The van der Waals surface area contributed by atoms with Crippen LogP contribution in [0.4, 0.5) is 5.95 Å². The Morgan fingerprint density at radius 3 is 2.95 bits per heavy atom. The average Bonchev–Trinajstić information content (AvgIpc) is 2.85. The summed E-state index contributed by atoms with van der Waals surface area (Å²) in [7, 11) is 1.60. The van der Waals surface area contributed by atoms with Crippen molar-refractivity contribution in [3.63, 3.8) is 0 Å². The summed E-state index contributed by atoms with van der Waals surface area (Å²) < 4.78 is 12.9. The summed E-state index contributed by atoms with van der Waals surface area (Å²) in [5, 5.41) is 4.39. The maximum atomic E-state index is 5.84. The van der Waals surface area contributed by atoms with Crippen molar-refractivity contribution in [1.29, 1.82) is 0 Å². The van der Waals surface area contributed by atoms with Crippen molar-refractivity contribution in [2.45, 2.75) is 26.5 Å². The largest absolute Gasteiger partial charge is 0.481 e. The van der Waals surface area contributed by atoms with E-state index in [0.717, 1.165) is 18.2 Å². The third kappa shape index (κ3) is 3.16. The van der Waals surface area contributed by atoms with Crippen LogP contribution in [0.1, 0.15) is 11.6 Å². The number of morpholine rings is 1. The van der Waals surface area contributed by atoms with Crippen LogP contribution in [0.3, 0.4) is 0 Å². The lowest BCUT2D eigenvalue weighted by Crippen LogP contribution is -2.45. The fraction of sp³-hybridized carbons (Fsp3) is 0.571. The van der Waals surface area contributed by atoms with Gasteiger partial charge in [0.1, 0.15) is 11.6 Å². The van der Waals surface area contributed by atoms with Gasteiger partial charge in [-0.3, -0.25) is 0 Å². The molecular formula is C14H20N6O2. The van der Waals surface area contributed by atoms with Gasteiger partial charge in [0.05, 0.1) is 26.4 Å². The number of ether oxygens (including phenoxy) is 2. The molecule has 0 amide bonds. The molecule has 1 aliphatic rings. The third-order valence-electron chi connectivity index (χ3n) is 3.59. The molecule has 0 spiro atoms. The van der Waals surface area contributed by atoms with E-state index >= 15 is 0 Å². The van der Waals surface area contributed by atoms with E-state index in [9.17, 15) is 0 Å². The molecule has 1 atom stereocenters. The van der Waals surface area contributed by atoms with Gasteiger partial charge in [-0.1, -0.05) is 0 Å². The summed E-state index contributed by atoms with van der Waals surface area (Å²) in [6.07, 6.45) is 1.74. The minimum absolute atomic E-state index is 0.0309. The van der Waals surface area contributed by atoms with Crippen molar-refractivity contribution in [1.82, 2.24) is 24.7 Å². The van der Waals surface area contributed by atoms with Gasteiger partial charge in [-0.15, -0.1) is 0 Å². The zero-order chi connectivity index (χ0) is 15.5. The first-order chi connectivity index (χ1) is 10.7. The van der Waals surface area contributed by atoms with Gasteiger partial charge >= 0.3 is 0 Å². The van der Waals surface area contributed by atoms with Crippen LogP contribution in [0.15, 0.2) is 12.3 Å². The Labute approximate surface area is 129 Å². The van der Waals surface area contributed by atoms with E-state index in [1.54, 1.807) is 19.4 Å². The molecule has 0 unspecified atom stereocenters. The standard InChI is InChI=1S/C14H20N6O2/c1-10-16-11(2)20(18-10)9-12-8-19(6-7-22-12)14-15-5-4-13(17-14)21-3/h4-5,12H,6-9H2,1-3H3/t12-/m0/s1. The van der Waals surface area contributed by atoms with E-state index in [-0.39, 0.29) is 6.10 Å². The SMILES string of the molecule is COc1ccnc(N2CCO[C@H](Cn3nc(C)nc3C)C2)n1. The second-order valence-corrected chi connectivity index (χ2v) is 5.23. The lowest BCUT2D eigenvalue weighted by Gasteiger charge is -2.32. The first kappa shape index (κ1) is 14.7. The normalized spacial score (nSPS) is 18.5. The molecule has 0 N–H and O–H groups in total. The highest BCUT2D eigenvalue weighted by atomic mass is 16.5. The average molecular weight is 304 g/mol. The predicted octanol–water partition coefficient (Wildman–Crippen LogP) is 0.599. The highest BCUT2D eigenvalue weighted by molar-refractivity contribution is 5.32. The molecule has 0 saturated carbocycles. The molecular weight excluding hydrogens is 284 g/mol. The van der Waals surface area contributed by atoms with Gasteiger partial charge in [-0.05, 0) is 13.8 Å². The zero-order valence-electron chi connectivity index (χ0n) is 13.1. The van der Waals surface area contributed by atoms with E-state index in [1.807, 2.05) is 18.5 Å². The Kier molecular flexibility index (Phi) is 4.19. The summed E-state index contributed by atoms with van der Waals surface area (Å²) in [6.45, 7) is 6.63. The topological polar surface area (TPSA) is 78.2 Å². The molecule has 2 aromatic rings. The van der Waals surface area contributed by atoms with Crippen molar-refractivity contribution in [2.75, 3.05) is 31.7 Å². The molecule has 0 aromatic carbocycles. The Morgan fingerprint density at radius 1 is 1.36 bits per heavy atom. The number of hydrogen-bond acceptors (Lipinski definition) is 7. The highest BCUT2D eigenvalue weighted by Gasteiger charge is 2.24. The number of aromatic nitrogens is 5. The van der Waals surface area contributed by atoms with Crippen molar-refractivity contribution >= 4 is 5.95 Å². The molecule has 0 radical (unpaired) electrons. The first-order valence-corrected chi connectivity index (χ1v) is 7.27. The molecule has 1 aliphatic heterocycles. The summed E-state index contributed by atoms with van der Waals surface area (Å²) in [4.78, 5) is 15.1. The summed E-state index contributed by atoms with van der Waals surface area (Å²) in [5.41, 5.74) is 0. The molecule has 2 aromatic heterocycles. The molecule has 8 nitrogen and oxygen atoms in total. The van der Waals surface area contributed by atoms with Gasteiger partial charge in [0, 0.05) is 25.4 Å². The predicted molar refractivity (Wildman–Crippen MR) is 80.0 cm³/mol. The Bertz CT molecular complexity index is 644. The van der Waals surface area contributed by atoms with E-state index in [1.165, 1.54) is 0 Å². The summed E-state index contributed by atoms with van der Waals surface area (Å²) >= 11 is 0. The van der Waals surface area contributed by atoms with Gasteiger partial charge in [-0.2, -0.15) is 10.1 Å². The summed E-state index contributed by atoms with van der Waals surface area (Å²) in [5.74, 6) is 2.91. The van der Waals surface area contributed by atoms with E-state index in [0.29, 0.717) is 31.5 Å². The lowest BCUT2D eigenvalue weighted by molar-refractivity contribution is 0.0264. The monoisotopic (exact) mass is 304 g/mol. The fourth-order valence-corrected chi connectivity index (χ4v) is 2.54.